The normalized spacial score (nSPS) is 10.4. The maximum atomic E-state index is 13.1. The number of ether oxygens (including phenoxy) is 1. The summed E-state index contributed by atoms with van der Waals surface area (Å²) >= 11 is 3.21. The van der Waals surface area contributed by atoms with Gasteiger partial charge in [-0.25, -0.2) is 4.39 Å². The zero-order valence-corrected chi connectivity index (χ0v) is 11.6. The van der Waals surface area contributed by atoms with E-state index in [4.69, 9.17) is 9.84 Å². The third kappa shape index (κ3) is 4.36. The van der Waals surface area contributed by atoms with Crippen molar-refractivity contribution in [1.29, 1.82) is 0 Å². The molecule has 0 radical (unpaired) electrons. The fourth-order valence-corrected chi connectivity index (χ4v) is 1.75. The van der Waals surface area contributed by atoms with Gasteiger partial charge in [0, 0.05) is 18.1 Å². The second-order valence-electron chi connectivity index (χ2n) is 3.69. The molecule has 0 aromatic heterocycles. The van der Waals surface area contributed by atoms with E-state index in [2.05, 4.69) is 15.9 Å². The van der Waals surface area contributed by atoms with Crippen LogP contribution >= 0.6 is 15.9 Å². The summed E-state index contributed by atoms with van der Waals surface area (Å²) in [5, 5.41) is 8.53. The Morgan fingerprint density at radius 3 is 2.89 bits per heavy atom. The SMILES string of the molecule is CN(CCOCCO)C(=O)c1cc(F)ccc1Br. The fourth-order valence-electron chi connectivity index (χ4n) is 1.34. The van der Waals surface area contributed by atoms with Crippen LogP contribution in [0.1, 0.15) is 10.4 Å². The van der Waals surface area contributed by atoms with Crippen molar-refractivity contribution in [2.75, 3.05) is 33.4 Å². The number of carbonyl (C=O) groups is 1. The monoisotopic (exact) mass is 319 g/mol. The Morgan fingerprint density at radius 2 is 2.22 bits per heavy atom. The van der Waals surface area contributed by atoms with E-state index in [1.165, 1.54) is 23.1 Å². The zero-order valence-electron chi connectivity index (χ0n) is 10.0. The van der Waals surface area contributed by atoms with Gasteiger partial charge in [-0.2, -0.15) is 0 Å². The van der Waals surface area contributed by atoms with Gasteiger partial charge in [0.15, 0.2) is 0 Å². The molecule has 0 spiro atoms. The predicted octanol–water partition coefficient (Wildman–Crippen LogP) is 1.67. The maximum Gasteiger partial charge on any atom is 0.254 e. The number of halogens is 2. The number of carbonyl (C=O) groups excluding carboxylic acids is 1. The van der Waals surface area contributed by atoms with Crippen molar-refractivity contribution >= 4 is 21.8 Å². The molecule has 18 heavy (non-hydrogen) atoms. The summed E-state index contributed by atoms with van der Waals surface area (Å²) in [6.45, 7) is 0.899. The van der Waals surface area contributed by atoms with E-state index >= 15 is 0 Å². The lowest BCUT2D eigenvalue weighted by atomic mass is 10.2. The summed E-state index contributed by atoms with van der Waals surface area (Å²) in [5.74, 6) is -0.736. The van der Waals surface area contributed by atoms with E-state index in [1.807, 2.05) is 0 Å². The van der Waals surface area contributed by atoms with Gasteiger partial charge >= 0.3 is 0 Å². The zero-order chi connectivity index (χ0) is 13.5. The van der Waals surface area contributed by atoms with Crippen LogP contribution in [0.4, 0.5) is 4.39 Å². The Labute approximate surface area is 113 Å². The summed E-state index contributed by atoms with van der Waals surface area (Å²) in [7, 11) is 1.61. The van der Waals surface area contributed by atoms with Gasteiger partial charge in [-0.05, 0) is 34.1 Å². The van der Waals surface area contributed by atoms with Gasteiger partial charge < -0.3 is 14.7 Å². The number of hydrogen-bond donors (Lipinski definition) is 1. The number of nitrogens with zero attached hydrogens (tertiary/aromatic N) is 1. The lowest BCUT2D eigenvalue weighted by Gasteiger charge is -2.17. The van der Waals surface area contributed by atoms with E-state index in [1.54, 1.807) is 7.05 Å². The third-order valence-electron chi connectivity index (χ3n) is 2.31. The predicted molar refractivity (Wildman–Crippen MR) is 69.0 cm³/mol. The first-order valence-electron chi connectivity index (χ1n) is 5.45. The number of likely N-dealkylation sites (N-methyl/N-ethyl adjacent to an activating group) is 1. The van der Waals surface area contributed by atoms with Crippen LogP contribution in [-0.2, 0) is 4.74 Å². The molecule has 1 aromatic carbocycles. The van der Waals surface area contributed by atoms with Crippen LogP contribution in [0.2, 0.25) is 0 Å². The van der Waals surface area contributed by atoms with Crippen molar-refractivity contribution in [3.8, 4) is 0 Å². The largest absolute Gasteiger partial charge is 0.394 e. The van der Waals surface area contributed by atoms with Crippen molar-refractivity contribution in [1.82, 2.24) is 4.90 Å². The molecule has 4 nitrogen and oxygen atoms in total. The molecule has 0 aliphatic carbocycles. The van der Waals surface area contributed by atoms with Gasteiger partial charge in [0.25, 0.3) is 5.91 Å². The van der Waals surface area contributed by atoms with Crippen molar-refractivity contribution < 1.29 is 19.0 Å². The molecule has 0 bridgehead atoms. The van der Waals surface area contributed by atoms with E-state index in [0.717, 1.165) is 0 Å². The molecule has 1 rings (SSSR count). The van der Waals surface area contributed by atoms with Crippen molar-refractivity contribution in [2.24, 2.45) is 0 Å². The Hall–Kier alpha value is -0.980. The maximum absolute atomic E-state index is 13.1. The second kappa shape index (κ2) is 7.45. The number of benzene rings is 1. The van der Waals surface area contributed by atoms with E-state index in [9.17, 15) is 9.18 Å². The number of rotatable bonds is 6. The molecular weight excluding hydrogens is 305 g/mol. The highest BCUT2D eigenvalue weighted by atomic mass is 79.9. The van der Waals surface area contributed by atoms with Crippen molar-refractivity contribution in [2.45, 2.75) is 0 Å². The molecule has 0 aliphatic heterocycles. The highest BCUT2D eigenvalue weighted by molar-refractivity contribution is 9.10. The first-order valence-corrected chi connectivity index (χ1v) is 6.24. The summed E-state index contributed by atoms with van der Waals surface area (Å²) < 4.78 is 18.7. The molecule has 0 saturated heterocycles. The van der Waals surface area contributed by atoms with Crippen molar-refractivity contribution in [3.63, 3.8) is 0 Å². The number of aliphatic hydroxyl groups is 1. The molecule has 1 N–H and O–H groups in total. The summed E-state index contributed by atoms with van der Waals surface area (Å²) in [5.41, 5.74) is 0.277. The molecule has 0 saturated carbocycles. The quantitative estimate of drug-likeness (QED) is 0.811. The molecule has 0 heterocycles. The van der Waals surface area contributed by atoms with Crippen LogP contribution in [0.3, 0.4) is 0 Å². The number of aliphatic hydroxyl groups excluding tert-OH is 1. The van der Waals surface area contributed by atoms with Gasteiger partial charge in [-0.1, -0.05) is 0 Å². The van der Waals surface area contributed by atoms with Crippen LogP contribution < -0.4 is 0 Å². The van der Waals surface area contributed by atoms with E-state index in [-0.39, 0.29) is 24.7 Å². The minimum absolute atomic E-state index is 0.0485. The van der Waals surface area contributed by atoms with Gasteiger partial charge in [-0.15, -0.1) is 0 Å². The van der Waals surface area contributed by atoms with Crippen LogP contribution in [0, 0.1) is 5.82 Å². The lowest BCUT2D eigenvalue weighted by molar-refractivity contribution is 0.0617. The molecule has 1 aromatic rings. The smallest absolute Gasteiger partial charge is 0.254 e. The van der Waals surface area contributed by atoms with Crippen molar-refractivity contribution in [3.05, 3.63) is 34.1 Å². The molecule has 0 atom stereocenters. The highest BCUT2D eigenvalue weighted by Crippen LogP contribution is 2.19. The van der Waals surface area contributed by atoms with Crippen LogP contribution in [-0.4, -0.2) is 49.3 Å². The van der Waals surface area contributed by atoms with E-state index in [0.29, 0.717) is 17.6 Å². The average molecular weight is 320 g/mol. The lowest BCUT2D eigenvalue weighted by Crippen LogP contribution is -2.30. The molecule has 0 aliphatic rings. The van der Waals surface area contributed by atoms with Crippen LogP contribution in [0.5, 0.6) is 0 Å². The van der Waals surface area contributed by atoms with Gasteiger partial charge in [0.1, 0.15) is 5.82 Å². The molecule has 1 amide bonds. The Morgan fingerprint density at radius 1 is 1.50 bits per heavy atom. The summed E-state index contributed by atoms with van der Waals surface area (Å²) in [6, 6.07) is 3.97. The molecule has 6 heteroatoms. The minimum atomic E-state index is -0.452. The average Bonchev–Trinajstić information content (AvgIpc) is 2.36. The van der Waals surface area contributed by atoms with E-state index < -0.39 is 5.82 Å². The standard InChI is InChI=1S/C12H15BrFNO3/c1-15(4-6-18-7-5-16)12(17)10-8-9(14)2-3-11(10)13/h2-3,8,16H,4-7H2,1H3. The fraction of sp³-hybridized carbons (Fsp3) is 0.417. The summed E-state index contributed by atoms with van der Waals surface area (Å²) in [6.07, 6.45) is 0. The molecule has 0 unspecified atom stereocenters. The Bertz CT molecular complexity index is 414. The third-order valence-corrected chi connectivity index (χ3v) is 3.00. The topological polar surface area (TPSA) is 49.8 Å². The molecular formula is C12H15BrFNO3. The number of hydrogen-bond acceptors (Lipinski definition) is 3. The van der Waals surface area contributed by atoms with Gasteiger partial charge in [0.05, 0.1) is 25.4 Å². The first-order chi connectivity index (χ1) is 8.56. The first kappa shape index (κ1) is 15.1. The van der Waals surface area contributed by atoms with Gasteiger partial charge in [0.2, 0.25) is 0 Å². The Balaban J connectivity index is 2.60. The molecule has 100 valence electrons. The Kier molecular flexibility index (Phi) is 6.24. The minimum Gasteiger partial charge on any atom is -0.394 e. The highest BCUT2D eigenvalue weighted by Gasteiger charge is 2.15. The summed E-state index contributed by atoms with van der Waals surface area (Å²) in [4.78, 5) is 13.4. The molecule has 0 fully saturated rings. The second-order valence-corrected chi connectivity index (χ2v) is 4.54. The number of amides is 1. The van der Waals surface area contributed by atoms with Crippen LogP contribution in [0.15, 0.2) is 22.7 Å². The van der Waals surface area contributed by atoms with Gasteiger partial charge in [-0.3, -0.25) is 4.79 Å². The van der Waals surface area contributed by atoms with Crippen LogP contribution in [0.25, 0.3) is 0 Å².